The topological polar surface area (TPSA) is 72.8 Å². The number of hydrogen-bond donors (Lipinski definition) is 1. The molecular weight excluding hydrogens is 308 g/mol. The van der Waals surface area contributed by atoms with Crippen LogP contribution in [0.2, 0.25) is 0 Å². The van der Waals surface area contributed by atoms with E-state index in [1.165, 1.54) is 13.8 Å². The first kappa shape index (κ1) is 20.4. The maximum absolute atomic E-state index is 11.2. The van der Waals surface area contributed by atoms with Gasteiger partial charge in [0.05, 0.1) is 5.60 Å². The quantitative estimate of drug-likeness (QED) is 0.616. The van der Waals surface area contributed by atoms with Crippen LogP contribution >= 0.6 is 0 Å². The molecule has 0 aromatic carbocycles. The van der Waals surface area contributed by atoms with Crippen molar-refractivity contribution in [2.24, 2.45) is 11.3 Å². The molecule has 24 heavy (non-hydrogen) atoms. The van der Waals surface area contributed by atoms with Crippen LogP contribution in [0.3, 0.4) is 0 Å². The largest absolute Gasteiger partial charge is 0.463 e. The number of ether oxygens (including phenoxy) is 2. The summed E-state index contributed by atoms with van der Waals surface area (Å²) in [5.74, 6) is -0.656. The molecule has 0 bridgehead atoms. The molecule has 136 valence electrons. The van der Waals surface area contributed by atoms with Gasteiger partial charge in [-0.05, 0) is 31.8 Å². The van der Waals surface area contributed by atoms with Crippen LogP contribution in [0.25, 0.3) is 0 Å². The van der Waals surface area contributed by atoms with E-state index in [0.717, 1.165) is 5.57 Å². The average molecular weight is 338 g/mol. The fraction of sp³-hybridized carbons (Fsp3) is 0.684. The molecule has 0 radical (unpaired) electrons. The second-order valence-electron chi connectivity index (χ2n) is 7.37. The summed E-state index contributed by atoms with van der Waals surface area (Å²) in [5, 5.41) is 11.2. The molecule has 3 unspecified atom stereocenters. The number of hydrogen-bond acceptors (Lipinski definition) is 5. The Morgan fingerprint density at radius 2 is 1.83 bits per heavy atom. The summed E-state index contributed by atoms with van der Waals surface area (Å²) in [6, 6.07) is 0. The minimum Gasteiger partial charge on any atom is -0.463 e. The van der Waals surface area contributed by atoms with E-state index in [4.69, 9.17) is 9.47 Å². The Kier molecular flexibility index (Phi) is 6.78. The molecule has 1 aliphatic rings. The van der Waals surface area contributed by atoms with Crippen molar-refractivity contribution in [1.82, 2.24) is 0 Å². The van der Waals surface area contributed by atoms with Gasteiger partial charge < -0.3 is 14.6 Å². The van der Waals surface area contributed by atoms with E-state index in [2.05, 4.69) is 0 Å². The third-order valence-electron chi connectivity index (χ3n) is 4.81. The normalized spacial score (nSPS) is 30.2. The van der Waals surface area contributed by atoms with Gasteiger partial charge in [0.25, 0.3) is 0 Å². The highest BCUT2D eigenvalue weighted by Crippen LogP contribution is 2.48. The zero-order chi connectivity index (χ0) is 18.5. The third kappa shape index (κ3) is 5.20. The molecule has 1 fully saturated rings. The standard InChI is InChI=1S/C19H30O5/c1-13(8-10-23-15(3)20)7-9-19(22)14(2)11-17(24-16(4)21)12-18(19,5)6/h7-9,14,17,22H,10-12H2,1-6H3/b9-7+,13-8+. The van der Waals surface area contributed by atoms with Crippen LogP contribution in [-0.4, -0.2) is 35.4 Å². The van der Waals surface area contributed by atoms with E-state index in [1.54, 1.807) is 6.08 Å². The van der Waals surface area contributed by atoms with Gasteiger partial charge in [0, 0.05) is 19.3 Å². The number of rotatable bonds is 5. The second-order valence-corrected chi connectivity index (χ2v) is 7.37. The van der Waals surface area contributed by atoms with E-state index in [1.807, 2.05) is 39.8 Å². The molecular formula is C19H30O5. The van der Waals surface area contributed by atoms with Crippen molar-refractivity contribution in [3.05, 3.63) is 23.8 Å². The van der Waals surface area contributed by atoms with Crippen LogP contribution in [-0.2, 0) is 19.1 Å². The minimum atomic E-state index is -1.000. The number of allylic oxidation sites excluding steroid dienone is 2. The molecule has 0 heterocycles. The SMILES string of the molecule is CC(=O)OC/C=C(C)/C=C/C1(O)C(C)CC(OC(C)=O)CC1(C)C. The zero-order valence-corrected chi connectivity index (χ0v) is 15.6. The van der Waals surface area contributed by atoms with Gasteiger partial charge in [0.15, 0.2) is 0 Å². The number of carbonyl (C=O) groups is 2. The number of aliphatic hydroxyl groups is 1. The van der Waals surface area contributed by atoms with E-state index >= 15 is 0 Å². The first-order chi connectivity index (χ1) is 11.0. The molecule has 3 atom stereocenters. The van der Waals surface area contributed by atoms with Crippen LogP contribution < -0.4 is 0 Å². The summed E-state index contributed by atoms with van der Waals surface area (Å²) in [4.78, 5) is 22.0. The fourth-order valence-electron chi connectivity index (χ4n) is 3.39. The third-order valence-corrected chi connectivity index (χ3v) is 4.81. The molecule has 5 nitrogen and oxygen atoms in total. The molecule has 0 amide bonds. The summed E-state index contributed by atoms with van der Waals surface area (Å²) < 4.78 is 10.2. The van der Waals surface area contributed by atoms with Gasteiger partial charge in [0.1, 0.15) is 12.7 Å². The molecule has 1 saturated carbocycles. The number of carbonyl (C=O) groups excluding carboxylic acids is 2. The Labute approximate surface area is 144 Å². The summed E-state index contributed by atoms with van der Waals surface area (Å²) in [7, 11) is 0. The molecule has 1 N–H and O–H groups in total. The fourth-order valence-corrected chi connectivity index (χ4v) is 3.39. The molecule has 0 aromatic heterocycles. The van der Waals surface area contributed by atoms with Gasteiger partial charge in [-0.15, -0.1) is 0 Å². The summed E-state index contributed by atoms with van der Waals surface area (Å²) >= 11 is 0. The lowest BCUT2D eigenvalue weighted by Crippen LogP contribution is -2.55. The van der Waals surface area contributed by atoms with Gasteiger partial charge in [-0.25, -0.2) is 0 Å². The Balaban J connectivity index is 2.86. The van der Waals surface area contributed by atoms with Crippen LogP contribution in [0.4, 0.5) is 0 Å². The number of esters is 2. The highest BCUT2D eigenvalue weighted by molar-refractivity contribution is 5.66. The zero-order valence-electron chi connectivity index (χ0n) is 15.6. The maximum Gasteiger partial charge on any atom is 0.302 e. The van der Waals surface area contributed by atoms with Crippen molar-refractivity contribution in [2.75, 3.05) is 6.61 Å². The maximum atomic E-state index is 11.2. The summed E-state index contributed by atoms with van der Waals surface area (Å²) in [6.07, 6.45) is 6.54. The Hall–Kier alpha value is -1.62. The first-order valence-electron chi connectivity index (χ1n) is 8.37. The van der Waals surface area contributed by atoms with Crippen molar-refractivity contribution in [3.8, 4) is 0 Å². The van der Waals surface area contributed by atoms with Gasteiger partial charge in [0.2, 0.25) is 0 Å². The van der Waals surface area contributed by atoms with Crippen LogP contribution in [0.15, 0.2) is 23.8 Å². The first-order valence-corrected chi connectivity index (χ1v) is 8.37. The molecule has 1 aliphatic carbocycles. The molecule has 1 rings (SSSR count). The van der Waals surface area contributed by atoms with E-state index in [0.29, 0.717) is 12.8 Å². The predicted molar refractivity (Wildman–Crippen MR) is 92.2 cm³/mol. The predicted octanol–water partition coefficient (Wildman–Crippen LogP) is 3.17. The molecule has 0 saturated heterocycles. The van der Waals surface area contributed by atoms with Gasteiger partial charge in [-0.3, -0.25) is 9.59 Å². The second kappa shape index (κ2) is 7.97. The molecule has 0 spiro atoms. The van der Waals surface area contributed by atoms with Crippen molar-refractivity contribution < 1.29 is 24.2 Å². The van der Waals surface area contributed by atoms with Gasteiger partial charge in [-0.1, -0.05) is 38.5 Å². The lowest BCUT2D eigenvalue weighted by Gasteiger charge is -2.51. The Morgan fingerprint density at radius 1 is 1.21 bits per heavy atom. The van der Waals surface area contributed by atoms with Crippen molar-refractivity contribution in [3.63, 3.8) is 0 Å². The lowest BCUT2D eigenvalue weighted by atomic mass is 9.59. The molecule has 5 heteroatoms. The monoisotopic (exact) mass is 338 g/mol. The van der Waals surface area contributed by atoms with Gasteiger partial charge >= 0.3 is 11.9 Å². The van der Waals surface area contributed by atoms with Crippen molar-refractivity contribution >= 4 is 11.9 Å². The van der Waals surface area contributed by atoms with Gasteiger partial charge in [-0.2, -0.15) is 0 Å². The highest BCUT2D eigenvalue weighted by atomic mass is 16.5. The smallest absolute Gasteiger partial charge is 0.302 e. The molecule has 0 aliphatic heterocycles. The van der Waals surface area contributed by atoms with Crippen molar-refractivity contribution in [1.29, 1.82) is 0 Å². The van der Waals surface area contributed by atoms with E-state index in [9.17, 15) is 14.7 Å². The Morgan fingerprint density at radius 3 is 2.33 bits per heavy atom. The summed E-state index contributed by atoms with van der Waals surface area (Å²) in [6.45, 7) is 10.8. The highest BCUT2D eigenvalue weighted by Gasteiger charge is 2.51. The van der Waals surface area contributed by atoms with Crippen LogP contribution in [0.5, 0.6) is 0 Å². The van der Waals surface area contributed by atoms with Crippen LogP contribution in [0.1, 0.15) is 54.4 Å². The van der Waals surface area contributed by atoms with Crippen LogP contribution in [0, 0.1) is 11.3 Å². The minimum absolute atomic E-state index is 0.0527. The van der Waals surface area contributed by atoms with E-state index in [-0.39, 0.29) is 30.6 Å². The average Bonchev–Trinajstić information content (AvgIpc) is 2.41. The lowest BCUT2D eigenvalue weighted by molar-refractivity contribution is -0.166. The van der Waals surface area contributed by atoms with E-state index < -0.39 is 11.0 Å². The molecule has 0 aromatic rings. The van der Waals surface area contributed by atoms with Crippen molar-refractivity contribution in [2.45, 2.75) is 66.1 Å². The summed E-state index contributed by atoms with van der Waals surface area (Å²) in [5.41, 5.74) is -0.521. The Bertz CT molecular complexity index is 532.